The first kappa shape index (κ1) is 14.0. The van der Waals surface area contributed by atoms with Crippen LogP contribution in [0.4, 0.5) is 11.6 Å². The average Bonchev–Trinajstić information content (AvgIpc) is 3.41. The lowest BCUT2D eigenvalue weighted by atomic mass is 9.95. The van der Waals surface area contributed by atoms with E-state index in [9.17, 15) is 0 Å². The fraction of sp³-hybridized carbons (Fsp3) is 0.217. The molecule has 0 aromatic carbocycles. The highest BCUT2D eigenvalue weighted by Gasteiger charge is 2.43. The molecule has 2 aromatic rings. The third-order valence-electron chi connectivity index (χ3n) is 6.49. The van der Waals surface area contributed by atoms with Gasteiger partial charge in [-0.25, -0.2) is 9.97 Å². The lowest BCUT2D eigenvalue weighted by Crippen LogP contribution is -2.44. The van der Waals surface area contributed by atoms with Crippen molar-refractivity contribution in [1.29, 1.82) is 0 Å². The van der Waals surface area contributed by atoms with E-state index in [2.05, 4.69) is 70.5 Å². The summed E-state index contributed by atoms with van der Waals surface area (Å²) in [5, 5.41) is 4.73. The van der Waals surface area contributed by atoms with Gasteiger partial charge in [0.05, 0.1) is 29.5 Å². The van der Waals surface area contributed by atoms with Crippen LogP contribution in [0.25, 0.3) is 36.5 Å². The number of allylic oxidation sites excluding steroid dienone is 2. The van der Waals surface area contributed by atoms with Crippen LogP contribution in [0.3, 0.4) is 0 Å². The fourth-order valence-corrected chi connectivity index (χ4v) is 5.18. The van der Waals surface area contributed by atoms with Crippen molar-refractivity contribution in [2.24, 2.45) is 0 Å². The van der Waals surface area contributed by atoms with E-state index < -0.39 is 0 Å². The van der Waals surface area contributed by atoms with Gasteiger partial charge in [0.25, 0.3) is 0 Å². The largest absolute Gasteiger partial charge is 0.333 e. The number of aromatic nitrogens is 2. The predicted octanol–water partition coefficient (Wildman–Crippen LogP) is 0.481. The molecule has 0 saturated carbocycles. The molecular formula is C23H18N4. The smallest absolute Gasteiger partial charge is 0.138 e. The van der Waals surface area contributed by atoms with Crippen LogP contribution in [0.5, 0.6) is 0 Å². The third kappa shape index (κ3) is 1.78. The lowest BCUT2D eigenvalue weighted by Gasteiger charge is -2.31. The van der Waals surface area contributed by atoms with E-state index in [0.29, 0.717) is 12.1 Å². The molecule has 1 saturated heterocycles. The number of hydrogen-bond donors (Lipinski definition) is 0. The average molecular weight is 350 g/mol. The molecule has 3 aliphatic heterocycles. The minimum Gasteiger partial charge on any atom is -0.333 e. The number of hydrogen-bond acceptors (Lipinski definition) is 4. The standard InChI is InChI=1S/C23H18N4/c1-3-14-11-16-7-9-20-21-10-8-17-12-15-4-2-6-19(15)25-23(17)27(21)13-26(20)22(16)24-18(14)5-1/h1-8,11-12,20-21H,9-10,13H2/t20-,21+. The van der Waals surface area contributed by atoms with Gasteiger partial charge in [0, 0.05) is 21.6 Å². The molecule has 130 valence electrons. The zero-order valence-corrected chi connectivity index (χ0v) is 14.8. The van der Waals surface area contributed by atoms with E-state index in [-0.39, 0.29) is 0 Å². The van der Waals surface area contributed by atoms with Crippen LogP contribution in [0.2, 0.25) is 0 Å². The van der Waals surface area contributed by atoms with Crippen LogP contribution in [-0.2, 0) is 0 Å². The number of fused-ring (bicyclic) bond motifs is 9. The molecule has 27 heavy (non-hydrogen) atoms. The third-order valence-corrected chi connectivity index (χ3v) is 6.49. The van der Waals surface area contributed by atoms with Crippen LogP contribution in [-0.4, -0.2) is 28.7 Å². The van der Waals surface area contributed by atoms with Crippen LogP contribution < -0.4 is 30.9 Å². The van der Waals surface area contributed by atoms with E-state index in [1.54, 1.807) is 0 Å². The van der Waals surface area contributed by atoms with Gasteiger partial charge in [0.15, 0.2) is 0 Å². The highest BCUT2D eigenvalue weighted by Crippen LogP contribution is 2.34. The summed E-state index contributed by atoms with van der Waals surface area (Å²) in [7, 11) is 0. The number of nitrogens with zero attached hydrogens (tertiary/aromatic N) is 4. The summed E-state index contributed by atoms with van der Waals surface area (Å²) >= 11 is 0. The van der Waals surface area contributed by atoms with Gasteiger partial charge in [-0.05, 0) is 37.1 Å². The molecule has 4 heteroatoms. The van der Waals surface area contributed by atoms with E-state index in [0.717, 1.165) is 41.8 Å². The van der Waals surface area contributed by atoms with Crippen LogP contribution in [0.1, 0.15) is 24.0 Å². The van der Waals surface area contributed by atoms with Crippen molar-refractivity contribution in [3.05, 3.63) is 56.5 Å². The summed E-state index contributed by atoms with van der Waals surface area (Å²) in [5.74, 6) is 2.27. The molecule has 0 N–H and O–H groups in total. The maximum Gasteiger partial charge on any atom is 0.138 e. The van der Waals surface area contributed by atoms with Crippen molar-refractivity contribution in [2.45, 2.75) is 24.9 Å². The molecule has 2 aromatic heterocycles. The topological polar surface area (TPSA) is 32.3 Å². The summed E-state index contributed by atoms with van der Waals surface area (Å²) in [5.41, 5.74) is 2.47. The molecule has 0 spiro atoms. The van der Waals surface area contributed by atoms with Gasteiger partial charge >= 0.3 is 0 Å². The molecule has 2 aliphatic carbocycles. The Labute approximate surface area is 156 Å². The monoisotopic (exact) mass is 350 g/mol. The van der Waals surface area contributed by atoms with Crippen LogP contribution >= 0.6 is 0 Å². The van der Waals surface area contributed by atoms with E-state index >= 15 is 0 Å². The Bertz CT molecular complexity index is 1230. The first-order chi connectivity index (χ1) is 13.3. The van der Waals surface area contributed by atoms with E-state index in [4.69, 9.17) is 9.97 Å². The summed E-state index contributed by atoms with van der Waals surface area (Å²) in [6.07, 6.45) is 19.6. The van der Waals surface area contributed by atoms with Gasteiger partial charge in [-0.3, -0.25) is 0 Å². The normalized spacial score (nSPS) is 24.6. The molecule has 2 atom stereocenters. The SMILES string of the molecule is C1=Cc2cc3c(nc2=C1)N1CN2c4nc5c(cc4=CC[C@H]2[C@H]1CC=3)C=CC=5. The first-order valence-corrected chi connectivity index (χ1v) is 9.68. The zero-order valence-electron chi connectivity index (χ0n) is 14.8. The quantitative estimate of drug-likeness (QED) is 0.692. The molecule has 4 nitrogen and oxygen atoms in total. The number of pyridine rings is 2. The Kier molecular flexibility index (Phi) is 2.47. The summed E-state index contributed by atoms with van der Waals surface area (Å²) in [4.78, 5) is 15.0. The molecule has 1 fully saturated rings. The van der Waals surface area contributed by atoms with Crippen LogP contribution in [0.15, 0.2) is 24.3 Å². The Hall–Kier alpha value is -3.14. The summed E-state index contributed by atoms with van der Waals surface area (Å²) in [6.45, 7) is 0.870. The Morgan fingerprint density at radius 2 is 1.26 bits per heavy atom. The maximum absolute atomic E-state index is 5.01. The van der Waals surface area contributed by atoms with Gasteiger partial charge in [0.2, 0.25) is 0 Å². The van der Waals surface area contributed by atoms with Crippen molar-refractivity contribution >= 4 is 48.1 Å². The molecule has 5 heterocycles. The Morgan fingerprint density at radius 3 is 1.78 bits per heavy atom. The van der Waals surface area contributed by atoms with Crippen molar-refractivity contribution in [3.63, 3.8) is 0 Å². The second kappa shape index (κ2) is 4.77. The van der Waals surface area contributed by atoms with Crippen molar-refractivity contribution < 1.29 is 0 Å². The van der Waals surface area contributed by atoms with Crippen molar-refractivity contribution in [3.8, 4) is 0 Å². The predicted molar refractivity (Wildman–Crippen MR) is 110 cm³/mol. The van der Waals surface area contributed by atoms with Gasteiger partial charge < -0.3 is 9.80 Å². The highest BCUT2D eigenvalue weighted by molar-refractivity contribution is 5.71. The highest BCUT2D eigenvalue weighted by atomic mass is 15.5. The van der Waals surface area contributed by atoms with Crippen LogP contribution in [0, 0.1) is 0 Å². The molecule has 0 bridgehead atoms. The molecule has 5 aliphatic rings. The van der Waals surface area contributed by atoms with Gasteiger partial charge in [0.1, 0.15) is 11.6 Å². The fourth-order valence-electron chi connectivity index (χ4n) is 5.18. The molecular weight excluding hydrogens is 332 g/mol. The molecule has 0 radical (unpaired) electrons. The van der Waals surface area contributed by atoms with Gasteiger partial charge in [-0.2, -0.15) is 0 Å². The van der Waals surface area contributed by atoms with Crippen molar-refractivity contribution in [1.82, 2.24) is 9.97 Å². The Morgan fingerprint density at radius 1 is 0.741 bits per heavy atom. The summed E-state index contributed by atoms with van der Waals surface area (Å²) < 4.78 is 0. The Balaban J connectivity index is 1.37. The zero-order chi connectivity index (χ0) is 17.5. The number of anilines is 2. The number of rotatable bonds is 0. The lowest BCUT2D eigenvalue weighted by molar-refractivity contribution is 0.572. The van der Waals surface area contributed by atoms with E-state index in [1.807, 2.05) is 0 Å². The minimum absolute atomic E-state index is 0.471. The second-order valence-electron chi connectivity index (χ2n) is 7.90. The second-order valence-corrected chi connectivity index (χ2v) is 7.90. The molecule has 0 amide bonds. The summed E-state index contributed by atoms with van der Waals surface area (Å²) in [6, 6.07) is 5.52. The maximum atomic E-state index is 5.01. The van der Waals surface area contributed by atoms with Gasteiger partial charge in [-0.1, -0.05) is 36.5 Å². The van der Waals surface area contributed by atoms with Gasteiger partial charge in [-0.15, -0.1) is 0 Å². The molecule has 7 rings (SSSR count). The minimum atomic E-state index is 0.471. The van der Waals surface area contributed by atoms with Crippen molar-refractivity contribution in [2.75, 3.05) is 16.5 Å². The molecule has 0 unspecified atom stereocenters. The first-order valence-electron chi connectivity index (χ1n) is 9.68. The van der Waals surface area contributed by atoms with E-state index in [1.165, 1.54) is 21.6 Å².